The number of benzene rings is 1. The van der Waals surface area contributed by atoms with E-state index in [0.29, 0.717) is 12.5 Å². The van der Waals surface area contributed by atoms with Crippen LogP contribution in [0.2, 0.25) is 0 Å². The zero-order chi connectivity index (χ0) is 13.7. The van der Waals surface area contributed by atoms with Crippen molar-refractivity contribution in [3.05, 3.63) is 29.8 Å². The standard InChI is InChI=1S/C16H24N2O/c1-2-18(12-13-7-6-10-15(17)11-13)16(19)14-8-4-3-5-9-14/h6-7,10-11,14H,2-5,8-9,12,17H2,1H3. The Morgan fingerprint density at radius 2 is 2.05 bits per heavy atom. The van der Waals surface area contributed by atoms with Crippen molar-refractivity contribution in [2.45, 2.75) is 45.6 Å². The van der Waals surface area contributed by atoms with Gasteiger partial charge in [-0.3, -0.25) is 4.79 Å². The topological polar surface area (TPSA) is 46.3 Å². The van der Waals surface area contributed by atoms with Gasteiger partial charge in [0, 0.05) is 24.7 Å². The molecule has 0 radical (unpaired) electrons. The van der Waals surface area contributed by atoms with E-state index in [1.165, 1.54) is 19.3 Å². The third-order valence-corrected chi connectivity index (χ3v) is 3.97. The minimum Gasteiger partial charge on any atom is -0.399 e. The Hall–Kier alpha value is -1.51. The normalized spacial score (nSPS) is 16.3. The Morgan fingerprint density at radius 1 is 1.32 bits per heavy atom. The van der Waals surface area contributed by atoms with Gasteiger partial charge in [0.25, 0.3) is 0 Å². The van der Waals surface area contributed by atoms with Crippen molar-refractivity contribution in [1.82, 2.24) is 4.90 Å². The van der Waals surface area contributed by atoms with Crippen molar-refractivity contribution in [3.63, 3.8) is 0 Å². The summed E-state index contributed by atoms with van der Waals surface area (Å²) < 4.78 is 0. The van der Waals surface area contributed by atoms with Crippen LogP contribution in [0.5, 0.6) is 0 Å². The molecule has 1 amide bonds. The summed E-state index contributed by atoms with van der Waals surface area (Å²) in [5.41, 5.74) is 7.67. The maximum absolute atomic E-state index is 12.5. The molecule has 1 aromatic rings. The molecular formula is C16H24N2O. The van der Waals surface area contributed by atoms with E-state index in [4.69, 9.17) is 5.73 Å². The van der Waals surface area contributed by atoms with Gasteiger partial charge in [-0.25, -0.2) is 0 Å². The predicted octanol–water partition coefficient (Wildman–Crippen LogP) is 3.20. The van der Waals surface area contributed by atoms with Gasteiger partial charge in [-0.15, -0.1) is 0 Å². The highest BCUT2D eigenvalue weighted by atomic mass is 16.2. The van der Waals surface area contributed by atoms with Crippen LogP contribution in [0.3, 0.4) is 0 Å². The summed E-state index contributed by atoms with van der Waals surface area (Å²) in [4.78, 5) is 14.5. The van der Waals surface area contributed by atoms with Crippen molar-refractivity contribution in [3.8, 4) is 0 Å². The molecule has 1 fully saturated rings. The summed E-state index contributed by atoms with van der Waals surface area (Å²) in [6.07, 6.45) is 5.81. The quantitative estimate of drug-likeness (QED) is 0.845. The minimum atomic E-state index is 0.245. The number of nitrogens with two attached hydrogens (primary N) is 1. The maximum Gasteiger partial charge on any atom is 0.225 e. The fraction of sp³-hybridized carbons (Fsp3) is 0.562. The van der Waals surface area contributed by atoms with E-state index in [9.17, 15) is 4.79 Å². The molecule has 0 saturated heterocycles. The van der Waals surface area contributed by atoms with E-state index in [2.05, 4.69) is 0 Å². The number of amides is 1. The third-order valence-electron chi connectivity index (χ3n) is 3.97. The van der Waals surface area contributed by atoms with Gasteiger partial charge in [0.1, 0.15) is 0 Å². The van der Waals surface area contributed by atoms with Crippen LogP contribution in [-0.4, -0.2) is 17.4 Å². The molecule has 1 aliphatic rings. The smallest absolute Gasteiger partial charge is 0.225 e. The zero-order valence-electron chi connectivity index (χ0n) is 11.8. The van der Waals surface area contributed by atoms with Gasteiger partial charge in [-0.1, -0.05) is 31.4 Å². The van der Waals surface area contributed by atoms with Gasteiger partial charge in [0.15, 0.2) is 0 Å². The molecule has 1 aromatic carbocycles. The summed E-state index contributed by atoms with van der Waals surface area (Å²) in [7, 11) is 0. The number of carbonyl (C=O) groups excluding carboxylic acids is 1. The van der Waals surface area contributed by atoms with Crippen LogP contribution in [0.1, 0.15) is 44.6 Å². The number of nitrogens with zero attached hydrogens (tertiary/aromatic N) is 1. The Morgan fingerprint density at radius 3 is 2.68 bits per heavy atom. The average Bonchev–Trinajstić information content (AvgIpc) is 2.45. The lowest BCUT2D eigenvalue weighted by Crippen LogP contribution is -2.36. The molecule has 0 bridgehead atoms. The second kappa shape index (κ2) is 6.60. The Kier molecular flexibility index (Phi) is 4.83. The first-order valence-electron chi connectivity index (χ1n) is 7.34. The highest BCUT2D eigenvalue weighted by molar-refractivity contribution is 5.78. The number of rotatable bonds is 4. The van der Waals surface area contributed by atoms with Crippen LogP contribution in [0, 0.1) is 5.92 Å². The third kappa shape index (κ3) is 3.72. The van der Waals surface area contributed by atoms with E-state index in [-0.39, 0.29) is 5.92 Å². The lowest BCUT2D eigenvalue weighted by Gasteiger charge is -2.28. The van der Waals surface area contributed by atoms with Crippen molar-refractivity contribution in [2.75, 3.05) is 12.3 Å². The molecule has 0 heterocycles. The molecule has 104 valence electrons. The van der Waals surface area contributed by atoms with Crippen LogP contribution >= 0.6 is 0 Å². The molecular weight excluding hydrogens is 236 g/mol. The summed E-state index contributed by atoms with van der Waals surface area (Å²) >= 11 is 0. The SMILES string of the molecule is CCN(Cc1cccc(N)c1)C(=O)C1CCCCC1. The average molecular weight is 260 g/mol. The first-order chi connectivity index (χ1) is 9.20. The number of hydrogen-bond donors (Lipinski definition) is 1. The van der Waals surface area contributed by atoms with E-state index in [1.807, 2.05) is 36.1 Å². The molecule has 3 nitrogen and oxygen atoms in total. The van der Waals surface area contributed by atoms with Crippen molar-refractivity contribution in [1.29, 1.82) is 0 Å². The molecule has 1 aliphatic carbocycles. The maximum atomic E-state index is 12.5. The van der Waals surface area contributed by atoms with Crippen LogP contribution in [0.25, 0.3) is 0 Å². The monoisotopic (exact) mass is 260 g/mol. The second-order valence-corrected chi connectivity index (χ2v) is 5.43. The van der Waals surface area contributed by atoms with E-state index in [0.717, 1.165) is 30.6 Å². The van der Waals surface area contributed by atoms with Crippen molar-refractivity contribution < 1.29 is 4.79 Å². The lowest BCUT2D eigenvalue weighted by molar-refractivity contribution is -0.137. The Labute approximate surface area is 115 Å². The summed E-state index contributed by atoms with van der Waals surface area (Å²) in [6, 6.07) is 7.82. The molecule has 0 aliphatic heterocycles. The highest BCUT2D eigenvalue weighted by Gasteiger charge is 2.25. The molecule has 2 N–H and O–H groups in total. The molecule has 0 atom stereocenters. The second-order valence-electron chi connectivity index (χ2n) is 5.43. The molecule has 0 unspecified atom stereocenters. The van der Waals surface area contributed by atoms with E-state index >= 15 is 0 Å². The molecule has 19 heavy (non-hydrogen) atoms. The molecule has 0 spiro atoms. The molecule has 2 rings (SSSR count). The first kappa shape index (κ1) is 13.9. The van der Waals surface area contributed by atoms with Gasteiger partial charge in [0.2, 0.25) is 5.91 Å². The minimum absolute atomic E-state index is 0.245. The predicted molar refractivity (Wildman–Crippen MR) is 78.5 cm³/mol. The van der Waals surface area contributed by atoms with E-state index < -0.39 is 0 Å². The summed E-state index contributed by atoms with van der Waals surface area (Å²) in [5.74, 6) is 0.569. The Bertz CT molecular complexity index is 425. The number of hydrogen-bond acceptors (Lipinski definition) is 2. The van der Waals surface area contributed by atoms with Gasteiger partial charge in [-0.05, 0) is 37.5 Å². The number of carbonyl (C=O) groups is 1. The molecule has 0 aromatic heterocycles. The zero-order valence-corrected chi connectivity index (χ0v) is 11.8. The number of nitrogen functional groups attached to an aromatic ring is 1. The molecule has 3 heteroatoms. The van der Waals surface area contributed by atoms with Crippen LogP contribution < -0.4 is 5.73 Å². The van der Waals surface area contributed by atoms with Gasteiger partial charge in [-0.2, -0.15) is 0 Å². The largest absolute Gasteiger partial charge is 0.399 e. The number of anilines is 1. The fourth-order valence-electron chi connectivity index (χ4n) is 2.87. The van der Waals surface area contributed by atoms with Gasteiger partial charge in [0.05, 0.1) is 0 Å². The van der Waals surface area contributed by atoms with E-state index in [1.54, 1.807) is 0 Å². The van der Waals surface area contributed by atoms with Crippen LogP contribution in [-0.2, 0) is 11.3 Å². The highest BCUT2D eigenvalue weighted by Crippen LogP contribution is 2.26. The molecule has 1 saturated carbocycles. The first-order valence-corrected chi connectivity index (χ1v) is 7.34. The van der Waals surface area contributed by atoms with Crippen LogP contribution in [0.15, 0.2) is 24.3 Å². The Balaban J connectivity index is 2.00. The summed E-state index contributed by atoms with van der Waals surface area (Å²) in [5, 5.41) is 0. The summed E-state index contributed by atoms with van der Waals surface area (Å²) in [6.45, 7) is 3.49. The van der Waals surface area contributed by atoms with Gasteiger partial charge < -0.3 is 10.6 Å². The fourth-order valence-corrected chi connectivity index (χ4v) is 2.87. The van der Waals surface area contributed by atoms with Crippen LogP contribution in [0.4, 0.5) is 5.69 Å². The van der Waals surface area contributed by atoms with Gasteiger partial charge >= 0.3 is 0 Å². The lowest BCUT2D eigenvalue weighted by atomic mass is 9.88. The van der Waals surface area contributed by atoms with Crippen molar-refractivity contribution >= 4 is 11.6 Å². The van der Waals surface area contributed by atoms with Crippen molar-refractivity contribution in [2.24, 2.45) is 5.92 Å².